The monoisotopic (exact) mass is 225 g/mol. The van der Waals surface area contributed by atoms with E-state index < -0.39 is 5.97 Å². The first kappa shape index (κ1) is 12.4. The molecule has 0 aliphatic heterocycles. The fourth-order valence-electron chi connectivity index (χ4n) is 1.18. The van der Waals surface area contributed by atoms with E-state index in [0.717, 1.165) is 0 Å². The topological polar surface area (TPSA) is 84.3 Å². The summed E-state index contributed by atoms with van der Waals surface area (Å²) in [5, 5.41) is 19.3. The average Bonchev–Trinajstić information content (AvgIpc) is 2.27. The van der Waals surface area contributed by atoms with Crippen molar-refractivity contribution >= 4 is 11.8 Å². The first-order valence-electron chi connectivity index (χ1n) is 5.04. The SMILES string of the molecule is CCOCC(C)Nc1nnccc1C(=O)O. The summed E-state index contributed by atoms with van der Waals surface area (Å²) in [5.74, 6) is -0.761. The number of carboxylic acid groups (broad SMARTS) is 1. The maximum absolute atomic E-state index is 10.9. The normalized spacial score (nSPS) is 12.1. The highest BCUT2D eigenvalue weighted by Crippen LogP contribution is 2.11. The molecule has 1 aromatic heterocycles. The zero-order chi connectivity index (χ0) is 12.0. The summed E-state index contributed by atoms with van der Waals surface area (Å²) in [6, 6.07) is 1.39. The number of hydrogen-bond acceptors (Lipinski definition) is 5. The number of nitrogens with one attached hydrogen (secondary N) is 1. The summed E-state index contributed by atoms with van der Waals surface area (Å²) in [5.41, 5.74) is 0.110. The summed E-state index contributed by atoms with van der Waals surface area (Å²) < 4.78 is 5.21. The lowest BCUT2D eigenvalue weighted by Crippen LogP contribution is -2.24. The van der Waals surface area contributed by atoms with Gasteiger partial charge >= 0.3 is 5.97 Å². The average molecular weight is 225 g/mol. The first-order chi connectivity index (χ1) is 7.65. The molecule has 0 aliphatic rings. The predicted octanol–water partition coefficient (Wildman–Crippen LogP) is 1.01. The van der Waals surface area contributed by atoms with Crippen LogP contribution >= 0.6 is 0 Å². The molecule has 0 saturated carbocycles. The summed E-state index contributed by atoms with van der Waals surface area (Å²) in [6.07, 6.45) is 1.35. The number of carboxylic acids is 1. The Balaban J connectivity index is 2.69. The van der Waals surface area contributed by atoms with Crippen LogP contribution in [0.25, 0.3) is 0 Å². The second kappa shape index (κ2) is 6.02. The lowest BCUT2D eigenvalue weighted by atomic mass is 10.2. The Hall–Kier alpha value is -1.69. The molecule has 1 unspecified atom stereocenters. The highest BCUT2D eigenvalue weighted by Gasteiger charge is 2.13. The maximum atomic E-state index is 10.9. The minimum atomic E-state index is -1.03. The van der Waals surface area contributed by atoms with Crippen molar-refractivity contribution in [3.63, 3.8) is 0 Å². The van der Waals surface area contributed by atoms with E-state index in [1.54, 1.807) is 0 Å². The van der Waals surface area contributed by atoms with Crippen LogP contribution in [0.3, 0.4) is 0 Å². The van der Waals surface area contributed by atoms with Gasteiger partial charge in [-0.15, -0.1) is 5.10 Å². The number of rotatable bonds is 6. The molecule has 0 radical (unpaired) electrons. The molecule has 0 aromatic carbocycles. The Morgan fingerprint density at radius 2 is 2.44 bits per heavy atom. The van der Waals surface area contributed by atoms with Crippen molar-refractivity contribution in [3.8, 4) is 0 Å². The van der Waals surface area contributed by atoms with E-state index in [-0.39, 0.29) is 17.4 Å². The summed E-state index contributed by atoms with van der Waals surface area (Å²) in [6.45, 7) is 4.90. The molecule has 0 saturated heterocycles. The minimum absolute atomic E-state index is 0.0188. The molecule has 88 valence electrons. The number of aromatic nitrogens is 2. The van der Waals surface area contributed by atoms with Gasteiger partial charge in [-0.25, -0.2) is 4.79 Å². The van der Waals surface area contributed by atoms with E-state index in [1.807, 2.05) is 13.8 Å². The lowest BCUT2D eigenvalue weighted by molar-refractivity contribution is 0.0697. The molecule has 0 bridgehead atoms. The van der Waals surface area contributed by atoms with Crippen molar-refractivity contribution in [3.05, 3.63) is 17.8 Å². The lowest BCUT2D eigenvalue weighted by Gasteiger charge is -2.14. The molecular weight excluding hydrogens is 210 g/mol. The summed E-state index contributed by atoms with van der Waals surface area (Å²) in [4.78, 5) is 10.9. The largest absolute Gasteiger partial charge is 0.478 e. The van der Waals surface area contributed by atoms with Crippen LogP contribution in [0, 0.1) is 0 Å². The molecule has 2 N–H and O–H groups in total. The smallest absolute Gasteiger partial charge is 0.339 e. The Bertz CT molecular complexity index is 357. The van der Waals surface area contributed by atoms with Crippen molar-refractivity contribution < 1.29 is 14.6 Å². The number of nitrogens with zero attached hydrogens (tertiary/aromatic N) is 2. The van der Waals surface area contributed by atoms with Crippen LogP contribution in [0.2, 0.25) is 0 Å². The molecule has 0 amide bonds. The third kappa shape index (κ3) is 3.47. The van der Waals surface area contributed by atoms with Gasteiger partial charge in [0.25, 0.3) is 0 Å². The predicted molar refractivity (Wildman–Crippen MR) is 58.6 cm³/mol. The number of aromatic carboxylic acids is 1. The van der Waals surface area contributed by atoms with E-state index in [0.29, 0.717) is 13.2 Å². The Labute approximate surface area is 93.6 Å². The Morgan fingerprint density at radius 1 is 1.69 bits per heavy atom. The van der Waals surface area contributed by atoms with E-state index in [9.17, 15) is 4.79 Å². The number of ether oxygens (including phenoxy) is 1. The van der Waals surface area contributed by atoms with Gasteiger partial charge in [-0.1, -0.05) is 0 Å². The van der Waals surface area contributed by atoms with E-state index in [1.165, 1.54) is 12.3 Å². The molecule has 1 heterocycles. The highest BCUT2D eigenvalue weighted by molar-refractivity contribution is 5.92. The van der Waals surface area contributed by atoms with Crippen LogP contribution in [-0.2, 0) is 4.74 Å². The zero-order valence-corrected chi connectivity index (χ0v) is 9.30. The quantitative estimate of drug-likeness (QED) is 0.751. The fourth-order valence-corrected chi connectivity index (χ4v) is 1.18. The molecule has 6 heteroatoms. The molecule has 1 rings (SSSR count). The van der Waals surface area contributed by atoms with E-state index in [4.69, 9.17) is 9.84 Å². The summed E-state index contributed by atoms with van der Waals surface area (Å²) in [7, 11) is 0. The van der Waals surface area contributed by atoms with Crippen molar-refractivity contribution in [2.24, 2.45) is 0 Å². The molecular formula is C10H15N3O3. The number of anilines is 1. The molecule has 1 atom stereocenters. The molecule has 6 nitrogen and oxygen atoms in total. The number of hydrogen-bond donors (Lipinski definition) is 2. The third-order valence-electron chi connectivity index (χ3n) is 1.91. The molecule has 16 heavy (non-hydrogen) atoms. The van der Waals surface area contributed by atoms with Gasteiger partial charge in [-0.3, -0.25) is 0 Å². The van der Waals surface area contributed by atoms with Crippen molar-refractivity contribution in [2.75, 3.05) is 18.5 Å². The van der Waals surface area contributed by atoms with Gasteiger partial charge in [0.2, 0.25) is 0 Å². The summed E-state index contributed by atoms with van der Waals surface area (Å²) >= 11 is 0. The molecule has 0 spiro atoms. The van der Waals surface area contributed by atoms with E-state index in [2.05, 4.69) is 15.5 Å². The van der Waals surface area contributed by atoms with E-state index >= 15 is 0 Å². The Morgan fingerprint density at radius 3 is 3.06 bits per heavy atom. The van der Waals surface area contributed by atoms with Crippen LogP contribution in [0.15, 0.2) is 12.3 Å². The number of carbonyl (C=O) groups is 1. The first-order valence-corrected chi connectivity index (χ1v) is 5.04. The van der Waals surface area contributed by atoms with Gasteiger partial charge in [0.15, 0.2) is 5.82 Å². The molecule has 0 fully saturated rings. The second-order valence-corrected chi connectivity index (χ2v) is 3.30. The Kier molecular flexibility index (Phi) is 4.65. The fraction of sp³-hybridized carbons (Fsp3) is 0.500. The second-order valence-electron chi connectivity index (χ2n) is 3.30. The van der Waals surface area contributed by atoms with Crippen LogP contribution < -0.4 is 5.32 Å². The van der Waals surface area contributed by atoms with Crippen molar-refractivity contribution in [2.45, 2.75) is 19.9 Å². The van der Waals surface area contributed by atoms with Gasteiger partial charge in [0.1, 0.15) is 5.56 Å². The standard InChI is InChI=1S/C10H15N3O3/c1-3-16-6-7(2)12-9-8(10(14)15)4-5-11-13-9/h4-5,7H,3,6H2,1-2H3,(H,12,13)(H,14,15). The van der Waals surface area contributed by atoms with Crippen molar-refractivity contribution in [1.82, 2.24) is 10.2 Å². The highest BCUT2D eigenvalue weighted by atomic mass is 16.5. The van der Waals surface area contributed by atoms with Gasteiger partial charge in [-0.05, 0) is 19.9 Å². The van der Waals surface area contributed by atoms with Crippen LogP contribution in [0.5, 0.6) is 0 Å². The zero-order valence-electron chi connectivity index (χ0n) is 9.30. The van der Waals surface area contributed by atoms with Gasteiger partial charge in [0, 0.05) is 12.6 Å². The van der Waals surface area contributed by atoms with Crippen LogP contribution in [0.1, 0.15) is 24.2 Å². The molecule has 0 aliphatic carbocycles. The minimum Gasteiger partial charge on any atom is -0.478 e. The molecule has 1 aromatic rings. The van der Waals surface area contributed by atoms with Gasteiger partial charge < -0.3 is 15.2 Å². The van der Waals surface area contributed by atoms with Crippen LogP contribution in [0.4, 0.5) is 5.82 Å². The van der Waals surface area contributed by atoms with Crippen molar-refractivity contribution in [1.29, 1.82) is 0 Å². The van der Waals surface area contributed by atoms with Gasteiger partial charge in [0.05, 0.1) is 12.8 Å². The van der Waals surface area contributed by atoms with Gasteiger partial charge in [-0.2, -0.15) is 5.10 Å². The maximum Gasteiger partial charge on any atom is 0.339 e. The third-order valence-corrected chi connectivity index (χ3v) is 1.91. The van der Waals surface area contributed by atoms with Crippen LogP contribution in [-0.4, -0.2) is 40.5 Å².